The average molecular weight is 206 g/mol. The smallest absolute Gasteiger partial charge is 0.356 e. The van der Waals surface area contributed by atoms with Crippen molar-refractivity contribution in [1.29, 1.82) is 0 Å². The van der Waals surface area contributed by atoms with Gasteiger partial charge in [0.1, 0.15) is 0 Å². The van der Waals surface area contributed by atoms with Crippen LogP contribution in [-0.2, 0) is 6.54 Å². The number of carboxylic acid groups (broad SMARTS) is 1. The van der Waals surface area contributed by atoms with Crippen LogP contribution in [0.15, 0.2) is 16.9 Å². The third-order valence-corrected chi connectivity index (χ3v) is 1.71. The fourth-order valence-electron chi connectivity index (χ4n) is 1.01. The highest BCUT2D eigenvalue weighted by molar-refractivity contribution is 5.84. The van der Waals surface area contributed by atoms with Gasteiger partial charge >= 0.3 is 5.97 Å². The Morgan fingerprint density at radius 3 is 2.93 bits per heavy atom. The molecule has 78 valence electrons. The van der Waals surface area contributed by atoms with Crippen LogP contribution in [0.3, 0.4) is 0 Å². The van der Waals surface area contributed by atoms with Gasteiger partial charge in [0.2, 0.25) is 0 Å². The molecule has 1 N–H and O–H groups in total. The molecule has 1 aromatic rings. The maximum atomic E-state index is 11.2. The van der Waals surface area contributed by atoms with E-state index in [0.29, 0.717) is 13.0 Å². The zero-order valence-corrected chi connectivity index (χ0v) is 8.23. The lowest BCUT2D eigenvalue weighted by atomic mass is 10.4. The van der Waals surface area contributed by atoms with Crippen molar-refractivity contribution in [2.24, 2.45) is 0 Å². The molecule has 0 aliphatic carbocycles. The van der Waals surface area contributed by atoms with Gasteiger partial charge in [0.05, 0.1) is 6.54 Å². The summed E-state index contributed by atoms with van der Waals surface area (Å²) in [5.74, 6) is 4.31. The minimum atomic E-state index is -1.15. The molecule has 0 bridgehead atoms. The van der Waals surface area contributed by atoms with Crippen LogP contribution in [0.25, 0.3) is 0 Å². The molecule has 15 heavy (non-hydrogen) atoms. The number of aromatic carboxylic acids is 1. The van der Waals surface area contributed by atoms with Crippen LogP contribution in [0.1, 0.15) is 23.8 Å². The normalized spacial score (nSPS) is 9.13. The average Bonchev–Trinajstić information content (AvgIpc) is 2.20. The molecular weight excluding hydrogens is 196 g/mol. The Morgan fingerprint density at radius 1 is 1.60 bits per heavy atom. The van der Waals surface area contributed by atoms with Crippen molar-refractivity contribution in [3.05, 3.63) is 28.2 Å². The van der Waals surface area contributed by atoms with E-state index in [0.717, 1.165) is 4.68 Å². The fraction of sp³-hybridized carbons (Fsp3) is 0.300. The molecule has 0 amide bonds. The second-order valence-corrected chi connectivity index (χ2v) is 2.76. The fourth-order valence-corrected chi connectivity index (χ4v) is 1.01. The third-order valence-electron chi connectivity index (χ3n) is 1.71. The molecule has 5 heteroatoms. The van der Waals surface area contributed by atoms with Gasteiger partial charge in [0, 0.05) is 12.5 Å². The van der Waals surface area contributed by atoms with Crippen LogP contribution in [0, 0.1) is 11.8 Å². The number of rotatable bonds is 3. The number of aromatic nitrogens is 2. The Bertz CT molecular complexity index is 479. The molecule has 5 nitrogen and oxygen atoms in total. The summed E-state index contributed by atoms with van der Waals surface area (Å²) in [6.07, 6.45) is 0.479. The second kappa shape index (κ2) is 4.96. The van der Waals surface area contributed by atoms with Gasteiger partial charge in [-0.05, 0) is 13.0 Å². The first-order valence-corrected chi connectivity index (χ1v) is 4.36. The van der Waals surface area contributed by atoms with Gasteiger partial charge in [-0.25, -0.2) is 9.48 Å². The van der Waals surface area contributed by atoms with E-state index in [2.05, 4.69) is 16.9 Å². The van der Waals surface area contributed by atoms with E-state index in [9.17, 15) is 9.59 Å². The first kappa shape index (κ1) is 11.0. The Morgan fingerprint density at radius 2 is 2.33 bits per heavy atom. The molecule has 0 fully saturated rings. The molecule has 0 saturated carbocycles. The first-order chi connectivity index (χ1) is 7.15. The van der Waals surface area contributed by atoms with Gasteiger partial charge in [-0.1, -0.05) is 0 Å². The molecule has 0 saturated heterocycles. The first-order valence-electron chi connectivity index (χ1n) is 4.36. The molecule has 0 aliphatic heterocycles. The predicted octanol–water partition coefficient (Wildman–Crippen LogP) is 0.355. The Balaban J connectivity index is 2.93. The minimum absolute atomic E-state index is 0.140. The van der Waals surface area contributed by atoms with Crippen molar-refractivity contribution in [2.45, 2.75) is 19.9 Å². The number of hydrogen-bond donors (Lipinski definition) is 1. The van der Waals surface area contributed by atoms with Crippen LogP contribution in [0.4, 0.5) is 0 Å². The number of carbonyl (C=O) groups is 1. The highest BCUT2D eigenvalue weighted by atomic mass is 16.4. The molecular formula is C10H10N2O3. The summed E-state index contributed by atoms with van der Waals surface area (Å²) in [5.41, 5.74) is -0.461. The van der Waals surface area contributed by atoms with Gasteiger partial charge in [0.15, 0.2) is 5.69 Å². The molecule has 1 rings (SSSR count). The summed E-state index contributed by atoms with van der Waals surface area (Å²) in [4.78, 5) is 21.8. The number of hydrogen-bond acceptors (Lipinski definition) is 3. The molecule has 0 atom stereocenters. The van der Waals surface area contributed by atoms with Gasteiger partial charge in [0.25, 0.3) is 5.56 Å². The highest BCUT2D eigenvalue weighted by Crippen LogP contribution is 1.91. The van der Waals surface area contributed by atoms with Gasteiger partial charge in [-0.15, -0.1) is 11.8 Å². The molecule has 0 aliphatic rings. The lowest BCUT2D eigenvalue weighted by Crippen LogP contribution is -2.24. The Labute approximate surface area is 86.4 Å². The maximum Gasteiger partial charge on any atom is 0.356 e. The van der Waals surface area contributed by atoms with Gasteiger partial charge < -0.3 is 5.11 Å². The zero-order valence-electron chi connectivity index (χ0n) is 8.23. The SMILES string of the molecule is CC#CCCn1nc(C(=O)O)ccc1=O. The van der Waals surface area contributed by atoms with Crippen LogP contribution in [0.2, 0.25) is 0 Å². The van der Waals surface area contributed by atoms with E-state index in [1.807, 2.05) is 0 Å². The quantitative estimate of drug-likeness (QED) is 0.724. The van der Waals surface area contributed by atoms with E-state index in [4.69, 9.17) is 5.11 Å². The van der Waals surface area contributed by atoms with E-state index < -0.39 is 5.97 Å². The van der Waals surface area contributed by atoms with Gasteiger partial charge in [-0.3, -0.25) is 4.79 Å². The molecule has 0 spiro atoms. The van der Waals surface area contributed by atoms with E-state index in [1.165, 1.54) is 12.1 Å². The highest BCUT2D eigenvalue weighted by Gasteiger charge is 2.06. The van der Waals surface area contributed by atoms with Gasteiger partial charge in [-0.2, -0.15) is 5.10 Å². The van der Waals surface area contributed by atoms with Crippen LogP contribution >= 0.6 is 0 Å². The molecule has 1 aromatic heterocycles. The standard InChI is InChI=1S/C10H10N2O3/c1-2-3-4-7-12-9(13)6-5-8(11-12)10(14)15/h5-6H,4,7H2,1H3,(H,14,15). The topological polar surface area (TPSA) is 72.2 Å². The van der Waals surface area contributed by atoms with Crippen LogP contribution in [0.5, 0.6) is 0 Å². The minimum Gasteiger partial charge on any atom is -0.476 e. The van der Waals surface area contributed by atoms with E-state index in [1.54, 1.807) is 6.92 Å². The van der Waals surface area contributed by atoms with Crippen molar-refractivity contribution in [1.82, 2.24) is 9.78 Å². The third kappa shape index (κ3) is 2.95. The van der Waals surface area contributed by atoms with Crippen molar-refractivity contribution in [3.63, 3.8) is 0 Å². The second-order valence-electron chi connectivity index (χ2n) is 2.76. The van der Waals surface area contributed by atoms with Crippen molar-refractivity contribution in [2.75, 3.05) is 0 Å². The lowest BCUT2D eigenvalue weighted by Gasteiger charge is -2.01. The number of nitrogens with zero attached hydrogens (tertiary/aromatic N) is 2. The maximum absolute atomic E-state index is 11.2. The van der Waals surface area contributed by atoms with Crippen molar-refractivity contribution < 1.29 is 9.90 Å². The lowest BCUT2D eigenvalue weighted by molar-refractivity contribution is 0.0687. The van der Waals surface area contributed by atoms with E-state index in [-0.39, 0.29) is 11.3 Å². The zero-order chi connectivity index (χ0) is 11.3. The van der Waals surface area contributed by atoms with E-state index >= 15 is 0 Å². The predicted molar refractivity (Wildman–Crippen MR) is 53.5 cm³/mol. The number of aryl methyl sites for hydroxylation is 1. The summed E-state index contributed by atoms with van der Waals surface area (Å²) < 4.78 is 1.10. The summed E-state index contributed by atoms with van der Waals surface area (Å²) >= 11 is 0. The van der Waals surface area contributed by atoms with Crippen molar-refractivity contribution >= 4 is 5.97 Å². The molecule has 0 radical (unpaired) electrons. The van der Waals surface area contributed by atoms with Crippen LogP contribution < -0.4 is 5.56 Å². The van der Waals surface area contributed by atoms with Crippen LogP contribution in [-0.4, -0.2) is 20.9 Å². The largest absolute Gasteiger partial charge is 0.476 e. The number of carboxylic acids is 1. The molecule has 0 aromatic carbocycles. The van der Waals surface area contributed by atoms with Crippen molar-refractivity contribution in [3.8, 4) is 11.8 Å². The molecule has 1 heterocycles. The Kier molecular flexibility index (Phi) is 3.63. The summed E-state index contributed by atoms with van der Waals surface area (Å²) in [7, 11) is 0. The summed E-state index contributed by atoms with van der Waals surface area (Å²) in [6, 6.07) is 2.38. The summed E-state index contributed by atoms with van der Waals surface area (Å²) in [5, 5.41) is 12.3. The summed E-state index contributed by atoms with van der Waals surface area (Å²) in [6.45, 7) is 2.00. The Hall–Kier alpha value is -2.09. The molecule has 0 unspecified atom stereocenters. The monoisotopic (exact) mass is 206 g/mol.